The van der Waals surface area contributed by atoms with E-state index in [0.717, 1.165) is 39.6 Å². The molecule has 5 rings (SSSR count). The number of ether oxygens (including phenoxy) is 1. The molecule has 6 heteroatoms. The highest BCUT2D eigenvalue weighted by atomic mass is 16.6. The van der Waals surface area contributed by atoms with E-state index in [2.05, 4.69) is 130 Å². The van der Waals surface area contributed by atoms with E-state index in [0.29, 0.717) is 12.3 Å². The van der Waals surface area contributed by atoms with E-state index in [-0.39, 0.29) is 16.9 Å². The van der Waals surface area contributed by atoms with Crippen LogP contribution in [0.2, 0.25) is 0 Å². The van der Waals surface area contributed by atoms with Crippen molar-refractivity contribution >= 4 is 17.5 Å². The Hall–Kier alpha value is -4.19. The second kappa shape index (κ2) is 12.0. The number of amides is 1. The minimum absolute atomic E-state index is 0.150. The molecule has 0 spiro atoms. The van der Waals surface area contributed by atoms with E-state index in [1.54, 1.807) is 0 Å². The normalized spacial score (nSPS) is 14.8. The third-order valence-electron chi connectivity index (χ3n) is 8.63. The lowest BCUT2D eigenvalue weighted by Crippen LogP contribution is -2.50. The van der Waals surface area contributed by atoms with Crippen molar-refractivity contribution in [2.24, 2.45) is 15.8 Å². The third-order valence-corrected chi connectivity index (χ3v) is 8.63. The Morgan fingerprint density at radius 2 is 1.31 bits per heavy atom. The van der Waals surface area contributed by atoms with Crippen LogP contribution < -0.4 is 5.32 Å². The van der Waals surface area contributed by atoms with Crippen molar-refractivity contribution in [3.63, 3.8) is 0 Å². The van der Waals surface area contributed by atoms with Crippen LogP contribution >= 0.6 is 0 Å². The smallest absolute Gasteiger partial charge is 0.408 e. The Kier molecular flexibility index (Phi) is 8.56. The van der Waals surface area contributed by atoms with Crippen LogP contribution in [0, 0.1) is 10.8 Å². The maximum absolute atomic E-state index is 12.7. The number of imidazole rings is 1. The quantitative estimate of drug-likeness (QED) is 0.230. The molecule has 0 fully saturated rings. The number of carbonyl (C=O) groups excluding carboxylic acids is 1. The lowest BCUT2D eigenvalue weighted by Gasteiger charge is -2.32. The van der Waals surface area contributed by atoms with Crippen molar-refractivity contribution in [3.05, 3.63) is 84.3 Å². The maximum Gasteiger partial charge on any atom is 0.408 e. The van der Waals surface area contributed by atoms with Gasteiger partial charge in [-0.05, 0) is 77.1 Å². The number of benzene rings is 3. The van der Waals surface area contributed by atoms with E-state index in [1.165, 1.54) is 16.7 Å². The van der Waals surface area contributed by atoms with Crippen molar-refractivity contribution in [2.45, 2.75) is 93.2 Å². The van der Waals surface area contributed by atoms with Crippen LogP contribution in [-0.4, -0.2) is 33.4 Å². The average Bonchev–Trinajstić information content (AvgIpc) is 3.61. The number of nitrogens with zero attached hydrogens (tertiary/aromatic N) is 2. The molecule has 45 heavy (non-hydrogen) atoms. The number of H-pyrrole nitrogens is 1. The molecule has 1 aromatic heterocycles. The van der Waals surface area contributed by atoms with Gasteiger partial charge in [0.25, 0.3) is 0 Å². The molecule has 0 saturated heterocycles. The van der Waals surface area contributed by atoms with Gasteiger partial charge in [-0.15, -0.1) is 0 Å². The van der Waals surface area contributed by atoms with Crippen molar-refractivity contribution in [2.75, 3.05) is 0 Å². The molecule has 3 aromatic carbocycles. The molecule has 2 atom stereocenters. The summed E-state index contributed by atoms with van der Waals surface area (Å²) < 4.78 is 5.55. The second-order valence-corrected chi connectivity index (χ2v) is 15.5. The van der Waals surface area contributed by atoms with Crippen LogP contribution in [0.1, 0.15) is 86.5 Å². The van der Waals surface area contributed by atoms with Gasteiger partial charge in [-0.2, -0.15) is 0 Å². The molecule has 1 aliphatic heterocycles. The topological polar surface area (TPSA) is 79.4 Å². The van der Waals surface area contributed by atoms with E-state index >= 15 is 0 Å². The Balaban J connectivity index is 1.28. The van der Waals surface area contributed by atoms with Gasteiger partial charge in [0, 0.05) is 18.1 Å². The summed E-state index contributed by atoms with van der Waals surface area (Å²) in [6.07, 6.45) is 2.21. The van der Waals surface area contributed by atoms with Crippen LogP contribution in [0.5, 0.6) is 0 Å². The molecule has 2 N–H and O–H groups in total. The zero-order valence-electron chi connectivity index (χ0n) is 28.5. The molecular formula is C39H48N4O2. The van der Waals surface area contributed by atoms with Gasteiger partial charge in [-0.3, -0.25) is 4.99 Å². The van der Waals surface area contributed by atoms with Crippen LogP contribution in [0.3, 0.4) is 0 Å². The highest BCUT2D eigenvalue weighted by Crippen LogP contribution is 2.36. The Morgan fingerprint density at radius 1 is 0.778 bits per heavy atom. The third kappa shape index (κ3) is 7.55. The monoisotopic (exact) mass is 604 g/mol. The number of alkyl carbamates (subject to hydrolysis) is 1. The predicted molar refractivity (Wildman–Crippen MR) is 186 cm³/mol. The van der Waals surface area contributed by atoms with Crippen molar-refractivity contribution in [1.29, 1.82) is 0 Å². The second-order valence-electron chi connectivity index (χ2n) is 15.5. The number of nitrogens with one attached hydrogen (secondary N) is 2. The highest BCUT2D eigenvalue weighted by Gasteiger charge is 2.34. The summed E-state index contributed by atoms with van der Waals surface area (Å²) in [7, 11) is 0. The van der Waals surface area contributed by atoms with Gasteiger partial charge < -0.3 is 15.0 Å². The van der Waals surface area contributed by atoms with E-state index in [1.807, 2.05) is 27.0 Å². The molecule has 0 unspecified atom stereocenters. The minimum atomic E-state index is -0.559. The summed E-state index contributed by atoms with van der Waals surface area (Å²) in [6, 6.07) is 23.6. The first-order chi connectivity index (χ1) is 21.0. The number of hydrogen-bond acceptors (Lipinski definition) is 4. The molecule has 1 amide bonds. The zero-order valence-corrected chi connectivity index (χ0v) is 28.5. The van der Waals surface area contributed by atoms with E-state index in [4.69, 9.17) is 9.73 Å². The summed E-state index contributed by atoms with van der Waals surface area (Å²) in [5.74, 6) is 1.36. The largest absolute Gasteiger partial charge is 0.444 e. The predicted octanol–water partition coefficient (Wildman–Crippen LogP) is 10.1. The van der Waals surface area contributed by atoms with Crippen LogP contribution in [-0.2, 0) is 11.2 Å². The summed E-state index contributed by atoms with van der Waals surface area (Å²) in [4.78, 5) is 25.8. The van der Waals surface area contributed by atoms with E-state index in [9.17, 15) is 4.79 Å². The Morgan fingerprint density at radius 3 is 1.84 bits per heavy atom. The summed E-state index contributed by atoms with van der Waals surface area (Å²) >= 11 is 0. The zero-order chi connectivity index (χ0) is 32.7. The lowest BCUT2D eigenvalue weighted by atomic mass is 9.82. The number of fused-ring (bicyclic) bond motifs is 1. The van der Waals surface area contributed by atoms with Crippen LogP contribution in [0.15, 0.2) is 77.9 Å². The lowest BCUT2D eigenvalue weighted by molar-refractivity contribution is 0.0490. The fourth-order valence-corrected chi connectivity index (χ4v) is 5.61. The van der Waals surface area contributed by atoms with Gasteiger partial charge in [-0.1, -0.05) is 103 Å². The fraction of sp³-hybridized carbons (Fsp3) is 0.410. The van der Waals surface area contributed by atoms with Crippen molar-refractivity contribution in [1.82, 2.24) is 15.3 Å². The fourth-order valence-electron chi connectivity index (χ4n) is 5.61. The highest BCUT2D eigenvalue weighted by molar-refractivity contribution is 6.00. The number of aromatic nitrogens is 2. The molecular weight excluding hydrogens is 556 g/mol. The summed E-state index contributed by atoms with van der Waals surface area (Å²) in [5.41, 5.74) is 9.28. The van der Waals surface area contributed by atoms with Gasteiger partial charge in [-0.25, -0.2) is 9.78 Å². The summed E-state index contributed by atoms with van der Waals surface area (Å²) in [6.45, 7) is 20.9. The van der Waals surface area contributed by atoms with Crippen LogP contribution in [0.25, 0.3) is 33.5 Å². The Labute approximate surface area is 268 Å². The Bertz CT molecular complexity index is 1690. The number of carbonyl (C=O) groups is 1. The summed E-state index contributed by atoms with van der Waals surface area (Å²) in [5, 5.41) is 3.08. The molecule has 4 aromatic rings. The van der Waals surface area contributed by atoms with Gasteiger partial charge in [0.1, 0.15) is 11.4 Å². The molecule has 0 radical (unpaired) electrons. The number of aliphatic imine (C=N–C) groups is 1. The SMILES string of the molecule is C[C@H](c1ncc(-c2ccc(-c3ccc(-c4ccc5c(c4)CC([C@@H](NC(=O)OC(C)(C)C)C(C)(C)C)=N5)cc3)cc2)[nH]1)C(C)(C)C. The van der Waals surface area contributed by atoms with Crippen molar-refractivity contribution in [3.8, 4) is 33.5 Å². The number of hydrogen-bond donors (Lipinski definition) is 2. The maximum atomic E-state index is 12.7. The van der Waals surface area contributed by atoms with Crippen molar-refractivity contribution < 1.29 is 9.53 Å². The number of rotatable bonds is 6. The molecule has 2 heterocycles. The van der Waals surface area contributed by atoms with Gasteiger partial charge >= 0.3 is 6.09 Å². The molecule has 0 bridgehead atoms. The molecule has 1 aliphatic rings. The first-order valence-corrected chi connectivity index (χ1v) is 15.9. The van der Waals surface area contributed by atoms with Gasteiger partial charge in [0.2, 0.25) is 0 Å². The minimum Gasteiger partial charge on any atom is -0.444 e. The van der Waals surface area contributed by atoms with Crippen LogP contribution in [0.4, 0.5) is 10.5 Å². The first kappa shape index (κ1) is 32.2. The van der Waals surface area contributed by atoms with Gasteiger partial charge in [0.05, 0.1) is 23.6 Å². The standard InChI is InChI=1S/C39H48N4O2/c1-24(37(2,3)4)35-40-23-33(42-35)28-17-15-26(16-18-28)25-11-13-27(14-12-25)29-19-20-31-30(21-29)22-32(41-31)34(38(5,6)7)43-36(44)45-39(8,9)10/h11-21,23-24,34H,22H2,1-10H3,(H,40,42)(H,43,44)/t24-,34-/m1/s1. The molecule has 0 saturated carbocycles. The molecule has 0 aliphatic carbocycles. The number of aromatic amines is 1. The molecule has 6 nitrogen and oxygen atoms in total. The first-order valence-electron chi connectivity index (χ1n) is 15.9. The van der Waals surface area contributed by atoms with E-state index < -0.39 is 11.7 Å². The average molecular weight is 605 g/mol. The molecule has 236 valence electrons. The van der Waals surface area contributed by atoms with Gasteiger partial charge in [0.15, 0.2) is 0 Å².